The SMILES string of the molecule is CCOc1ccc([C@@H]2Oc3ccc(C)cc3C3=C2[C@H](c2ccc(C)cc2)n2nc(SC)nc2N3)cc1. The first-order valence-corrected chi connectivity index (χ1v) is 13.4. The molecule has 6 nitrogen and oxygen atoms in total. The van der Waals surface area contributed by atoms with E-state index in [0.717, 1.165) is 50.6 Å². The summed E-state index contributed by atoms with van der Waals surface area (Å²) in [6.07, 6.45) is 1.69. The van der Waals surface area contributed by atoms with Crippen molar-refractivity contribution in [2.45, 2.75) is 38.1 Å². The number of hydrogen-bond acceptors (Lipinski definition) is 6. The molecule has 3 heterocycles. The van der Waals surface area contributed by atoms with Crippen LogP contribution in [0.3, 0.4) is 0 Å². The number of aryl methyl sites for hydroxylation is 2. The van der Waals surface area contributed by atoms with Gasteiger partial charge in [0.15, 0.2) is 0 Å². The molecule has 4 aromatic rings. The molecule has 0 aliphatic carbocycles. The Morgan fingerprint density at radius 2 is 1.69 bits per heavy atom. The molecule has 1 aromatic heterocycles. The van der Waals surface area contributed by atoms with Crippen LogP contribution in [0, 0.1) is 13.8 Å². The second kappa shape index (κ2) is 9.06. The number of rotatable bonds is 5. The first-order chi connectivity index (χ1) is 17.6. The number of nitrogens with one attached hydrogen (secondary N) is 1. The normalized spacial score (nSPS) is 18.0. The van der Waals surface area contributed by atoms with E-state index in [2.05, 4.69) is 73.8 Å². The van der Waals surface area contributed by atoms with Crippen molar-refractivity contribution in [1.82, 2.24) is 14.8 Å². The predicted octanol–water partition coefficient (Wildman–Crippen LogP) is 6.58. The van der Waals surface area contributed by atoms with Gasteiger partial charge in [-0.15, -0.1) is 5.10 Å². The Hall–Kier alpha value is -3.71. The van der Waals surface area contributed by atoms with Gasteiger partial charge >= 0.3 is 0 Å². The molecule has 1 N–H and O–H groups in total. The third-order valence-corrected chi connectivity index (χ3v) is 7.22. The van der Waals surface area contributed by atoms with Gasteiger partial charge in [-0.25, -0.2) is 4.68 Å². The minimum absolute atomic E-state index is 0.171. The van der Waals surface area contributed by atoms with E-state index in [1.807, 2.05) is 30.0 Å². The van der Waals surface area contributed by atoms with Crippen LogP contribution in [0.2, 0.25) is 0 Å². The number of aromatic nitrogens is 3. The molecule has 0 unspecified atom stereocenters. The first-order valence-electron chi connectivity index (χ1n) is 12.1. The quantitative estimate of drug-likeness (QED) is 0.315. The van der Waals surface area contributed by atoms with E-state index in [9.17, 15) is 0 Å². The summed E-state index contributed by atoms with van der Waals surface area (Å²) in [5, 5.41) is 9.24. The Morgan fingerprint density at radius 1 is 0.972 bits per heavy atom. The highest BCUT2D eigenvalue weighted by molar-refractivity contribution is 7.98. The maximum atomic E-state index is 6.76. The monoisotopic (exact) mass is 496 g/mol. The molecule has 0 saturated heterocycles. The summed E-state index contributed by atoms with van der Waals surface area (Å²) in [7, 11) is 0. The zero-order valence-electron chi connectivity index (χ0n) is 20.8. The Bertz CT molecular complexity index is 1460. The van der Waals surface area contributed by atoms with Crippen molar-refractivity contribution in [3.8, 4) is 11.5 Å². The molecule has 0 bridgehead atoms. The number of fused-ring (bicyclic) bond motifs is 3. The standard InChI is InChI=1S/C29H28N4O2S/c1-5-34-21-13-11-20(12-14-21)27-24-25(22-16-18(3)8-15-23(22)35-27)30-28-31-29(36-4)32-33(28)26(24)19-9-6-17(2)7-10-19/h6-16,26-27H,5H2,1-4H3,(H,30,31,32)/t26-,27-/m0/s1. The van der Waals surface area contributed by atoms with Gasteiger partial charge in [-0.1, -0.05) is 65.4 Å². The summed E-state index contributed by atoms with van der Waals surface area (Å²) >= 11 is 1.54. The average molecular weight is 497 g/mol. The highest BCUT2D eigenvalue weighted by Gasteiger charge is 2.41. The van der Waals surface area contributed by atoms with Gasteiger partial charge in [-0.05, 0) is 62.4 Å². The van der Waals surface area contributed by atoms with Gasteiger partial charge in [0.25, 0.3) is 0 Å². The fourth-order valence-electron chi connectivity index (χ4n) is 4.96. The molecule has 0 fully saturated rings. The summed E-state index contributed by atoms with van der Waals surface area (Å²) in [5.74, 6) is 2.44. The zero-order chi connectivity index (χ0) is 24.8. The maximum Gasteiger partial charge on any atom is 0.227 e. The van der Waals surface area contributed by atoms with E-state index >= 15 is 0 Å². The molecule has 0 amide bonds. The summed E-state index contributed by atoms with van der Waals surface area (Å²) < 4.78 is 14.5. The van der Waals surface area contributed by atoms with E-state index in [4.69, 9.17) is 19.6 Å². The number of hydrogen-bond donors (Lipinski definition) is 1. The molecule has 182 valence electrons. The van der Waals surface area contributed by atoms with Crippen molar-refractivity contribution in [2.75, 3.05) is 18.2 Å². The molecular formula is C29H28N4O2S. The van der Waals surface area contributed by atoms with Crippen LogP contribution in [0.15, 0.2) is 77.5 Å². The Kier molecular flexibility index (Phi) is 5.72. The van der Waals surface area contributed by atoms with Crippen LogP contribution in [-0.4, -0.2) is 27.6 Å². The van der Waals surface area contributed by atoms with E-state index < -0.39 is 0 Å². The van der Waals surface area contributed by atoms with Crippen molar-refractivity contribution in [3.05, 3.63) is 100 Å². The molecule has 2 atom stereocenters. The summed E-state index contributed by atoms with van der Waals surface area (Å²) in [5.41, 5.74) is 7.80. The van der Waals surface area contributed by atoms with E-state index in [0.29, 0.717) is 6.61 Å². The van der Waals surface area contributed by atoms with Gasteiger partial charge in [0.1, 0.15) is 23.6 Å². The van der Waals surface area contributed by atoms with Crippen LogP contribution in [0.5, 0.6) is 11.5 Å². The van der Waals surface area contributed by atoms with Crippen LogP contribution in [0.4, 0.5) is 5.95 Å². The van der Waals surface area contributed by atoms with Gasteiger partial charge in [0, 0.05) is 11.1 Å². The molecule has 36 heavy (non-hydrogen) atoms. The van der Waals surface area contributed by atoms with Crippen molar-refractivity contribution < 1.29 is 9.47 Å². The lowest BCUT2D eigenvalue weighted by Crippen LogP contribution is -2.32. The lowest BCUT2D eigenvalue weighted by Gasteiger charge is -2.39. The molecule has 0 spiro atoms. The molecule has 0 saturated carbocycles. The van der Waals surface area contributed by atoms with Gasteiger partial charge in [-0.3, -0.25) is 0 Å². The average Bonchev–Trinajstić information content (AvgIpc) is 3.31. The van der Waals surface area contributed by atoms with Crippen molar-refractivity contribution in [1.29, 1.82) is 0 Å². The lowest BCUT2D eigenvalue weighted by atomic mass is 9.84. The number of benzene rings is 3. The maximum absolute atomic E-state index is 6.76. The largest absolute Gasteiger partial charge is 0.494 e. The molecule has 2 aliphatic heterocycles. The molecule has 2 aliphatic rings. The van der Waals surface area contributed by atoms with Crippen molar-refractivity contribution in [2.24, 2.45) is 0 Å². The smallest absolute Gasteiger partial charge is 0.227 e. The Labute approximate surface area is 215 Å². The Morgan fingerprint density at radius 3 is 2.42 bits per heavy atom. The lowest BCUT2D eigenvalue weighted by molar-refractivity contribution is 0.222. The van der Waals surface area contributed by atoms with E-state index in [1.54, 1.807) is 0 Å². The summed E-state index contributed by atoms with van der Waals surface area (Å²) in [4.78, 5) is 4.79. The second-order valence-corrected chi connectivity index (χ2v) is 9.91. The zero-order valence-corrected chi connectivity index (χ0v) is 21.6. The van der Waals surface area contributed by atoms with Gasteiger partial charge in [-0.2, -0.15) is 4.98 Å². The first kappa shape index (κ1) is 22.7. The predicted molar refractivity (Wildman–Crippen MR) is 144 cm³/mol. The molecular weight excluding hydrogens is 468 g/mol. The fourth-order valence-corrected chi connectivity index (χ4v) is 5.31. The number of ether oxygens (including phenoxy) is 2. The highest BCUT2D eigenvalue weighted by atomic mass is 32.2. The fraction of sp³-hybridized carbons (Fsp3) is 0.241. The van der Waals surface area contributed by atoms with Crippen LogP contribution in [0.1, 0.15) is 46.9 Å². The van der Waals surface area contributed by atoms with E-state index in [1.165, 1.54) is 22.9 Å². The minimum atomic E-state index is -0.306. The van der Waals surface area contributed by atoms with Crippen molar-refractivity contribution >= 4 is 23.4 Å². The Balaban J connectivity index is 1.59. The van der Waals surface area contributed by atoms with Crippen LogP contribution in [-0.2, 0) is 0 Å². The molecule has 0 radical (unpaired) electrons. The number of anilines is 1. The second-order valence-electron chi connectivity index (χ2n) is 9.13. The van der Waals surface area contributed by atoms with Crippen LogP contribution >= 0.6 is 11.8 Å². The molecule has 3 aromatic carbocycles. The van der Waals surface area contributed by atoms with Gasteiger partial charge in [0.05, 0.1) is 12.3 Å². The molecule has 6 rings (SSSR count). The molecule has 7 heteroatoms. The summed E-state index contributed by atoms with van der Waals surface area (Å²) in [6.45, 7) is 6.84. The van der Waals surface area contributed by atoms with Gasteiger partial charge < -0.3 is 14.8 Å². The van der Waals surface area contributed by atoms with E-state index in [-0.39, 0.29) is 12.1 Å². The minimum Gasteiger partial charge on any atom is -0.494 e. The third-order valence-electron chi connectivity index (χ3n) is 6.68. The van der Waals surface area contributed by atoms with Gasteiger partial charge in [0.2, 0.25) is 11.1 Å². The van der Waals surface area contributed by atoms with Crippen LogP contribution in [0.25, 0.3) is 5.70 Å². The summed E-state index contributed by atoms with van der Waals surface area (Å²) in [6, 6.07) is 23.0. The third kappa shape index (κ3) is 3.84. The van der Waals surface area contributed by atoms with Crippen LogP contribution < -0.4 is 14.8 Å². The topological polar surface area (TPSA) is 61.2 Å². The highest BCUT2D eigenvalue weighted by Crippen LogP contribution is 2.51. The van der Waals surface area contributed by atoms with Crippen molar-refractivity contribution in [3.63, 3.8) is 0 Å². The number of nitrogens with zero attached hydrogens (tertiary/aromatic N) is 3. The number of thioether (sulfide) groups is 1.